The molecule has 0 fully saturated rings. The number of hydrogen-bond donors (Lipinski definition) is 2. The highest BCUT2D eigenvalue weighted by molar-refractivity contribution is 6.35. The number of hydrogen-bond acceptors (Lipinski definition) is 5. The van der Waals surface area contributed by atoms with Gasteiger partial charge in [-0.15, -0.1) is 0 Å². The molecule has 0 aliphatic rings. The highest BCUT2D eigenvalue weighted by Crippen LogP contribution is 2.23. The van der Waals surface area contributed by atoms with Crippen molar-refractivity contribution in [1.29, 1.82) is 0 Å². The lowest BCUT2D eigenvalue weighted by Crippen LogP contribution is -2.05. The van der Waals surface area contributed by atoms with Gasteiger partial charge in [0.05, 0.1) is 22.8 Å². The molecule has 2 aromatic rings. The van der Waals surface area contributed by atoms with Gasteiger partial charge in [0.15, 0.2) is 5.76 Å². The van der Waals surface area contributed by atoms with Crippen LogP contribution in [0.2, 0.25) is 5.02 Å². The lowest BCUT2D eigenvalue weighted by molar-refractivity contribution is 0.0697. The molecule has 0 unspecified atom stereocenters. The smallest absolute Gasteiger partial charge is 0.337 e. The molecule has 7 heteroatoms. The van der Waals surface area contributed by atoms with Gasteiger partial charge in [0, 0.05) is 12.3 Å². The number of aromatic carboxylic acids is 1. The van der Waals surface area contributed by atoms with E-state index in [0.29, 0.717) is 18.1 Å². The minimum Gasteiger partial charge on any atom is -0.478 e. The van der Waals surface area contributed by atoms with E-state index in [9.17, 15) is 4.79 Å². The van der Waals surface area contributed by atoms with Crippen LogP contribution in [-0.4, -0.2) is 21.2 Å². The summed E-state index contributed by atoms with van der Waals surface area (Å²) in [7, 11) is 0. The van der Waals surface area contributed by atoms with E-state index in [1.807, 2.05) is 6.92 Å². The summed E-state index contributed by atoms with van der Waals surface area (Å²) in [6.45, 7) is 2.14. The molecule has 6 nitrogen and oxygen atoms in total. The second-order valence-electron chi connectivity index (χ2n) is 3.61. The predicted octanol–water partition coefficient (Wildman–Crippen LogP) is 2.34. The third-order valence-corrected chi connectivity index (χ3v) is 2.61. The normalized spacial score (nSPS) is 10.3. The van der Waals surface area contributed by atoms with Crippen molar-refractivity contribution in [3.05, 3.63) is 40.4 Å². The van der Waals surface area contributed by atoms with Crippen LogP contribution in [0.3, 0.4) is 0 Å². The Balaban J connectivity index is 2.14. The molecule has 0 radical (unpaired) electrons. The van der Waals surface area contributed by atoms with Crippen LogP contribution in [0, 0.1) is 6.92 Å². The summed E-state index contributed by atoms with van der Waals surface area (Å²) in [4.78, 5) is 14.9. The monoisotopic (exact) mass is 267 g/mol. The lowest BCUT2D eigenvalue weighted by Gasteiger charge is -2.06. The maximum absolute atomic E-state index is 10.9. The van der Waals surface area contributed by atoms with Crippen LogP contribution in [-0.2, 0) is 6.54 Å². The number of pyridine rings is 1. The molecule has 0 aliphatic carbocycles. The third kappa shape index (κ3) is 2.60. The Bertz CT molecular complexity index is 583. The molecule has 0 spiro atoms. The van der Waals surface area contributed by atoms with Crippen molar-refractivity contribution >= 4 is 23.4 Å². The third-order valence-electron chi connectivity index (χ3n) is 2.23. The maximum atomic E-state index is 10.9. The van der Waals surface area contributed by atoms with E-state index in [4.69, 9.17) is 21.2 Å². The summed E-state index contributed by atoms with van der Waals surface area (Å²) >= 11 is 5.92. The Morgan fingerprint density at radius 2 is 2.39 bits per heavy atom. The van der Waals surface area contributed by atoms with Crippen molar-refractivity contribution in [3.8, 4) is 0 Å². The molecular weight excluding hydrogens is 258 g/mol. The second kappa shape index (κ2) is 5.05. The van der Waals surface area contributed by atoms with Crippen LogP contribution >= 0.6 is 11.6 Å². The largest absolute Gasteiger partial charge is 0.478 e. The first-order valence-electron chi connectivity index (χ1n) is 5.12. The minimum absolute atomic E-state index is 0.00270. The molecule has 0 saturated heterocycles. The number of aryl methyl sites for hydroxylation is 1. The Hall–Kier alpha value is -2.08. The van der Waals surface area contributed by atoms with E-state index >= 15 is 0 Å². The zero-order chi connectivity index (χ0) is 13.1. The standard InChI is InChI=1S/C11H10ClN3O3/c1-6-4-7(18-15-6)5-14-10-9(12)8(11(16)17)2-3-13-10/h2-4H,5H2,1H3,(H,13,14)(H,16,17). The molecule has 18 heavy (non-hydrogen) atoms. The number of carbonyl (C=O) groups is 1. The van der Waals surface area contributed by atoms with Crippen LogP contribution in [0.1, 0.15) is 21.8 Å². The average Bonchev–Trinajstić information content (AvgIpc) is 2.73. The molecule has 0 saturated carbocycles. The number of nitrogens with one attached hydrogen (secondary N) is 1. The molecule has 0 amide bonds. The number of carboxylic acid groups (broad SMARTS) is 1. The van der Waals surface area contributed by atoms with E-state index in [1.165, 1.54) is 12.3 Å². The van der Waals surface area contributed by atoms with Crippen LogP contribution < -0.4 is 5.32 Å². The molecule has 0 bridgehead atoms. The van der Waals surface area contributed by atoms with Gasteiger partial charge in [-0.2, -0.15) is 0 Å². The molecule has 0 aliphatic heterocycles. The molecule has 2 heterocycles. The van der Waals surface area contributed by atoms with Crippen molar-refractivity contribution in [2.75, 3.05) is 5.32 Å². The van der Waals surface area contributed by atoms with Crippen molar-refractivity contribution in [3.63, 3.8) is 0 Å². The number of aromatic nitrogens is 2. The highest BCUT2D eigenvalue weighted by atomic mass is 35.5. The molecular formula is C11H10ClN3O3. The summed E-state index contributed by atoms with van der Waals surface area (Å²) in [5.41, 5.74) is 0.771. The van der Waals surface area contributed by atoms with E-state index < -0.39 is 5.97 Å². The molecule has 2 N–H and O–H groups in total. The van der Waals surface area contributed by atoms with E-state index in [-0.39, 0.29) is 10.6 Å². The van der Waals surface area contributed by atoms with Crippen molar-refractivity contribution < 1.29 is 14.4 Å². The summed E-state index contributed by atoms with van der Waals surface area (Å²) in [5.74, 6) is -0.183. The van der Waals surface area contributed by atoms with Crippen molar-refractivity contribution in [1.82, 2.24) is 10.1 Å². The van der Waals surface area contributed by atoms with E-state index in [1.54, 1.807) is 6.07 Å². The van der Waals surface area contributed by atoms with Crippen LogP contribution in [0.25, 0.3) is 0 Å². The number of halogens is 1. The van der Waals surface area contributed by atoms with Gasteiger partial charge in [-0.05, 0) is 13.0 Å². The Kier molecular flexibility index (Phi) is 3.47. The number of anilines is 1. The van der Waals surface area contributed by atoms with Gasteiger partial charge in [0.25, 0.3) is 0 Å². The fourth-order valence-electron chi connectivity index (χ4n) is 1.40. The first-order valence-corrected chi connectivity index (χ1v) is 5.49. The van der Waals surface area contributed by atoms with Crippen LogP contribution in [0.15, 0.2) is 22.9 Å². The number of nitrogens with zero attached hydrogens (tertiary/aromatic N) is 2. The summed E-state index contributed by atoms with van der Waals surface area (Å²) in [6.07, 6.45) is 1.38. The number of carboxylic acids is 1. The number of rotatable bonds is 4. The summed E-state index contributed by atoms with van der Waals surface area (Å²) in [5, 5.41) is 15.6. The van der Waals surface area contributed by atoms with Crippen LogP contribution in [0.5, 0.6) is 0 Å². The summed E-state index contributed by atoms with van der Waals surface area (Å²) < 4.78 is 5.00. The predicted molar refractivity (Wildman–Crippen MR) is 64.8 cm³/mol. The second-order valence-corrected chi connectivity index (χ2v) is 3.99. The van der Waals surface area contributed by atoms with Crippen molar-refractivity contribution in [2.45, 2.75) is 13.5 Å². The first kappa shape index (κ1) is 12.4. The molecule has 0 atom stereocenters. The molecule has 2 rings (SSSR count). The zero-order valence-electron chi connectivity index (χ0n) is 9.48. The van der Waals surface area contributed by atoms with Gasteiger partial charge in [-0.25, -0.2) is 9.78 Å². The van der Waals surface area contributed by atoms with E-state index in [2.05, 4.69) is 15.5 Å². The van der Waals surface area contributed by atoms with Gasteiger partial charge >= 0.3 is 5.97 Å². The minimum atomic E-state index is -1.10. The zero-order valence-corrected chi connectivity index (χ0v) is 10.2. The summed E-state index contributed by atoms with van der Waals surface area (Å²) in [6, 6.07) is 3.11. The highest BCUT2D eigenvalue weighted by Gasteiger charge is 2.13. The average molecular weight is 268 g/mol. The van der Waals surface area contributed by atoms with Gasteiger partial charge in [0.1, 0.15) is 5.82 Å². The Morgan fingerprint density at radius 1 is 1.61 bits per heavy atom. The van der Waals surface area contributed by atoms with Gasteiger partial charge in [-0.3, -0.25) is 0 Å². The van der Waals surface area contributed by atoms with Gasteiger partial charge in [0.2, 0.25) is 0 Å². The Morgan fingerprint density at radius 3 is 3.00 bits per heavy atom. The van der Waals surface area contributed by atoms with Crippen LogP contribution in [0.4, 0.5) is 5.82 Å². The van der Waals surface area contributed by atoms with E-state index in [0.717, 1.165) is 5.69 Å². The molecule has 94 valence electrons. The maximum Gasteiger partial charge on any atom is 0.337 e. The fourth-order valence-corrected chi connectivity index (χ4v) is 1.66. The quantitative estimate of drug-likeness (QED) is 0.884. The van der Waals surface area contributed by atoms with Gasteiger partial charge < -0.3 is 14.9 Å². The first-order chi connectivity index (χ1) is 8.58. The topological polar surface area (TPSA) is 88.2 Å². The Labute approximate surface area is 108 Å². The molecule has 0 aromatic carbocycles. The molecule has 2 aromatic heterocycles. The van der Waals surface area contributed by atoms with Crippen molar-refractivity contribution in [2.24, 2.45) is 0 Å². The lowest BCUT2D eigenvalue weighted by atomic mass is 10.2. The fraction of sp³-hybridized carbons (Fsp3) is 0.182. The SMILES string of the molecule is Cc1cc(CNc2nccc(C(=O)O)c2Cl)on1. The van der Waals surface area contributed by atoms with Gasteiger partial charge in [-0.1, -0.05) is 16.8 Å².